The van der Waals surface area contributed by atoms with Gasteiger partial charge in [0, 0.05) is 5.69 Å². The molecule has 1 aromatic heterocycles. The van der Waals surface area contributed by atoms with Gasteiger partial charge < -0.3 is 10.4 Å². The first-order valence-electron chi connectivity index (χ1n) is 6.26. The third-order valence-electron chi connectivity index (χ3n) is 2.93. The van der Waals surface area contributed by atoms with E-state index >= 15 is 0 Å². The largest absolute Gasteiger partial charge is 0.506 e. The standard InChI is InChI=1S/C15H12N4O2/c1-2-15(21)16-10-7-8-11-12(9-10)18-19(17-11)13-5-3-4-6-14(13)20/h2-9,20H,1H2,(H,16,21). The second kappa shape index (κ2) is 5.09. The number of hydrogen-bond acceptors (Lipinski definition) is 4. The molecule has 2 N–H and O–H groups in total. The van der Waals surface area contributed by atoms with Crippen LogP contribution in [-0.2, 0) is 4.79 Å². The van der Waals surface area contributed by atoms with E-state index < -0.39 is 0 Å². The topological polar surface area (TPSA) is 80.0 Å². The van der Waals surface area contributed by atoms with Crippen molar-refractivity contribution in [3.63, 3.8) is 0 Å². The number of carbonyl (C=O) groups excluding carboxylic acids is 1. The van der Waals surface area contributed by atoms with Crippen LogP contribution >= 0.6 is 0 Å². The molecular weight excluding hydrogens is 268 g/mol. The number of phenolic OH excluding ortho intramolecular Hbond substituents is 1. The van der Waals surface area contributed by atoms with Crippen LogP contribution in [0.5, 0.6) is 5.75 Å². The van der Waals surface area contributed by atoms with Crippen LogP contribution in [0.15, 0.2) is 55.1 Å². The van der Waals surface area contributed by atoms with Crippen LogP contribution in [0.4, 0.5) is 5.69 Å². The molecule has 0 radical (unpaired) electrons. The number of benzene rings is 2. The summed E-state index contributed by atoms with van der Waals surface area (Å²) in [6.07, 6.45) is 1.20. The number of nitrogens with zero attached hydrogens (tertiary/aromatic N) is 3. The quantitative estimate of drug-likeness (QED) is 0.721. The Labute approximate surface area is 120 Å². The van der Waals surface area contributed by atoms with Crippen molar-refractivity contribution in [3.05, 3.63) is 55.1 Å². The lowest BCUT2D eigenvalue weighted by molar-refractivity contribution is -0.111. The van der Waals surface area contributed by atoms with Crippen molar-refractivity contribution in [2.45, 2.75) is 0 Å². The Morgan fingerprint density at radius 1 is 1.19 bits per heavy atom. The Balaban J connectivity index is 2.02. The van der Waals surface area contributed by atoms with Gasteiger partial charge in [0.2, 0.25) is 5.91 Å². The number of amides is 1. The van der Waals surface area contributed by atoms with Gasteiger partial charge in [0.05, 0.1) is 0 Å². The molecule has 0 atom stereocenters. The SMILES string of the molecule is C=CC(=O)Nc1ccc2nn(-c3ccccc3O)nc2c1. The molecule has 0 aliphatic heterocycles. The van der Waals surface area contributed by atoms with Crippen molar-refractivity contribution in [1.82, 2.24) is 15.0 Å². The highest BCUT2D eigenvalue weighted by molar-refractivity contribution is 5.99. The molecule has 1 heterocycles. The summed E-state index contributed by atoms with van der Waals surface area (Å²) < 4.78 is 0. The summed E-state index contributed by atoms with van der Waals surface area (Å²) in [6, 6.07) is 12.0. The van der Waals surface area contributed by atoms with E-state index in [1.807, 2.05) is 0 Å². The number of anilines is 1. The van der Waals surface area contributed by atoms with E-state index in [-0.39, 0.29) is 11.7 Å². The molecule has 0 aliphatic carbocycles. The number of carbonyl (C=O) groups is 1. The molecule has 0 bridgehead atoms. The van der Waals surface area contributed by atoms with E-state index in [9.17, 15) is 9.90 Å². The molecule has 0 fully saturated rings. The van der Waals surface area contributed by atoms with E-state index in [1.165, 1.54) is 10.9 Å². The predicted octanol–water partition coefficient (Wildman–Crippen LogP) is 2.25. The Kier molecular flexibility index (Phi) is 3.12. The van der Waals surface area contributed by atoms with Gasteiger partial charge in [-0.1, -0.05) is 18.7 Å². The van der Waals surface area contributed by atoms with Crippen molar-refractivity contribution in [2.24, 2.45) is 0 Å². The highest BCUT2D eigenvalue weighted by Crippen LogP contribution is 2.22. The Bertz CT molecular complexity index is 839. The average Bonchev–Trinajstić information content (AvgIpc) is 2.90. The number of nitrogens with one attached hydrogen (secondary N) is 1. The van der Waals surface area contributed by atoms with Gasteiger partial charge in [0.1, 0.15) is 22.5 Å². The fourth-order valence-corrected chi connectivity index (χ4v) is 1.93. The van der Waals surface area contributed by atoms with Crippen molar-refractivity contribution < 1.29 is 9.90 Å². The van der Waals surface area contributed by atoms with Gasteiger partial charge >= 0.3 is 0 Å². The van der Waals surface area contributed by atoms with E-state index in [0.717, 1.165) is 0 Å². The molecule has 0 aliphatic rings. The van der Waals surface area contributed by atoms with Crippen LogP contribution < -0.4 is 5.32 Å². The van der Waals surface area contributed by atoms with Crippen LogP contribution in [-0.4, -0.2) is 26.0 Å². The zero-order valence-corrected chi connectivity index (χ0v) is 11.0. The number of hydrogen-bond donors (Lipinski definition) is 2. The first-order valence-corrected chi connectivity index (χ1v) is 6.26. The van der Waals surface area contributed by atoms with Crippen LogP contribution in [0.25, 0.3) is 16.7 Å². The summed E-state index contributed by atoms with van der Waals surface area (Å²) in [5.74, 6) is -0.194. The van der Waals surface area contributed by atoms with Crippen LogP contribution in [0, 0.1) is 0 Å². The molecule has 1 amide bonds. The Hall–Kier alpha value is -3.15. The second-order valence-electron chi connectivity index (χ2n) is 4.38. The number of rotatable bonds is 3. The zero-order valence-electron chi connectivity index (χ0n) is 11.0. The van der Waals surface area contributed by atoms with Gasteiger partial charge in [0.15, 0.2) is 0 Å². The second-order valence-corrected chi connectivity index (χ2v) is 4.38. The molecule has 3 aromatic rings. The van der Waals surface area contributed by atoms with E-state index in [1.54, 1.807) is 42.5 Å². The van der Waals surface area contributed by atoms with Crippen LogP contribution in [0.2, 0.25) is 0 Å². The number of para-hydroxylation sites is 2. The van der Waals surface area contributed by atoms with Crippen molar-refractivity contribution in [2.75, 3.05) is 5.32 Å². The molecule has 0 saturated heterocycles. The molecular formula is C15H12N4O2. The van der Waals surface area contributed by atoms with Gasteiger partial charge in [-0.05, 0) is 36.4 Å². The van der Waals surface area contributed by atoms with Crippen LogP contribution in [0.1, 0.15) is 0 Å². The maximum absolute atomic E-state index is 11.3. The minimum atomic E-state index is -0.289. The van der Waals surface area contributed by atoms with Crippen molar-refractivity contribution >= 4 is 22.6 Å². The maximum atomic E-state index is 11.3. The highest BCUT2D eigenvalue weighted by Gasteiger charge is 2.09. The summed E-state index contributed by atoms with van der Waals surface area (Å²) >= 11 is 0. The highest BCUT2D eigenvalue weighted by atomic mass is 16.3. The number of phenols is 1. The molecule has 0 unspecified atom stereocenters. The predicted molar refractivity (Wildman–Crippen MR) is 79.4 cm³/mol. The van der Waals surface area contributed by atoms with Crippen LogP contribution in [0.3, 0.4) is 0 Å². The average molecular weight is 280 g/mol. The fraction of sp³-hybridized carbons (Fsp3) is 0. The minimum absolute atomic E-state index is 0.0954. The number of aromatic hydroxyl groups is 1. The van der Waals surface area contributed by atoms with Crippen molar-refractivity contribution in [1.29, 1.82) is 0 Å². The fourth-order valence-electron chi connectivity index (χ4n) is 1.93. The molecule has 21 heavy (non-hydrogen) atoms. The molecule has 6 nitrogen and oxygen atoms in total. The van der Waals surface area contributed by atoms with Gasteiger partial charge in [-0.3, -0.25) is 4.79 Å². The molecule has 6 heteroatoms. The lowest BCUT2D eigenvalue weighted by atomic mass is 10.3. The van der Waals surface area contributed by atoms with E-state index in [4.69, 9.17) is 0 Å². The Morgan fingerprint density at radius 3 is 2.71 bits per heavy atom. The van der Waals surface area contributed by atoms with Gasteiger partial charge in [0.25, 0.3) is 0 Å². The van der Waals surface area contributed by atoms with Gasteiger partial charge in [-0.15, -0.1) is 15.0 Å². The normalized spacial score (nSPS) is 10.5. The van der Waals surface area contributed by atoms with Gasteiger partial charge in [-0.25, -0.2) is 0 Å². The third-order valence-corrected chi connectivity index (χ3v) is 2.93. The first-order chi connectivity index (χ1) is 10.2. The monoisotopic (exact) mass is 280 g/mol. The lowest BCUT2D eigenvalue weighted by Crippen LogP contribution is -2.06. The number of aromatic nitrogens is 3. The van der Waals surface area contributed by atoms with Crippen molar-refractivity contribution in [3.8, 4) is 11.4 Å². The lowest BCUT2D eigenvalue weighted by Gasteiger charge is -2.00. The van der Waals surface area contributed by atoms with E-state index in [0.29, 0.717) is 22.4 Å². The molecule has 0 spiro atoms. The summed E-state index contributed by atoms with van der Waals surface area (Å²) in [6.45, 7) is 3.40. The summed E-state index contributed by atoms with van der Waals surface area (Å²) in [7, 11) is 0. The molecule has 104 valence electrons. The minimum Gasteiger partial charge on any atom is -0.506 e. The number of fused-ring (bicyclic) bond motifs is 1. The summed E-state index contributed by atoms with van der Waals surface area (Å²) in [4.78, 5) is 12.6. The summed E-state index contributed by atoms with van der Waals surface area (Å²) in [5, 5.41) is 21.1. The van der Waals surface area contributed by atoms with E-state index in [2.05, 4.69) is 22.1 Å². The zero-order chi connectivity index (χ0) is 14.8. The molecule has 0 saturated carbocycles. The smallest absolute Gasteiger partial charge is 0.247 e. The maximum Gasteiger partial charge on any atom is 0.247 e. The Morgan fingerprint density at radius 2 is 1.95 bits per heavy atom. The van der Waals surface area contributed by atoms with Gasteiger partial charge in [-0.2, -0.15) is 0 Å². The first kappa shape index (κ1) is 12.9. The summed E-state index contributed by atoms with van der Waals surface area (Å²) in [5.41, 5.74) is 2.37. The molecule has 3 rings (SSSR count). The third kappa shape index (κ3) is 2.46. The molecule has 2 aromatic carbocycles.